The van der Waals surface area contributed by atoms with Gasteiger partial charge in [0.1, 0.15) is 6.04 Å². The molecule has 0 aromatic rings. The van der Waals surface area contributed by atoms with Gasteiger partial charge >= 0.3 is 12.0 Å². The van der Waals surface area contributed by atoms with Gasteiger partial charge in [0, 0.05) is 19.6 Å². The fraction of sp³-hybridized carbons (Fsp3) is 0.857. The topological polar surface area (TPSA) is 98.7 Å². The number of carbonyl (C=O) groups is 2. The van der Waals surface area contributed by atoms with Gasteiger partial charge < -0.3 is 20.8 Å². The number of aliphatic hydroxyl groups excluding tert-OH is 1. The molecule has 0 aromatic carbocycles. The molecule has 0 saturated carbocycles. The Morgan fingerprint density at radius 1 is 1.25 bits per heavy atom. The van der Waals surface area contributed by atoms with Crippen molar-refractivity contribution in [2.24, 2.45) is 5.41 Å². The van der Waals surface area contributed by atoms with E-state index in [1.54, 1.807) is 0 Å². The van der Waals surface area contributed by atoms with Gasteiger partial charge in [0.15, 0.2) is 0 Å². The summed E-state index contributed by atoms with van der Waals surface area (Å²) < 4.78 is 0. The van der Waals surface area contributed by atoms with E-state index in [-0.39, 0.29) is 18.4 Å². The lowest BCUT2D eigenvalue weighted by Gasteiger charge is -2.25. The molecule has 0 aromatic heterocycles. The molecule has 118 valence electrons. The van der Waals surface area contributed by atoms with E-state index < -0.39 is 18.0 Å². The molecule has 0 saturated heterocycles. The van der Waals surface area contributed by atoms with Crippen molar-refractivity contribution in [1.82, 2.24) is 10.6 Å². The molecule has 0 aliphatic carbocycles. The monoisotopic (exact) mass is 288 g/mol. The number of urea groups is 1. The van der Waals surface area contributed by atoms with Crippen LogP contribution in [0.3, 0.4) is 0 Å². The molecule has 6 heteroatoms. The van der Waals surface area contributed by atoms with Crippen molar-refractivity contribution in [3.05, 3.63) is 0 Å². The first-order valence-corrected chi connectivity index (χ1v) is 7.20. The highest BCUT2D eigenvalue weighted by Gasteiger charge is 2.22. The quantitative estimate of drug-likeness (QED) is 0.460. The minimum absolute atomic E-state index is 0.00263. The van der Waals surface area contributed by atoms with Gasteiger partial charge in [-0.3, -0.25) is 0 Å². The van der Waals surface area contributed by atoms with Crippen LogP contribution in [0.15, 0.2) is 0 Å². The average Bonchev–Trinajstić information content (AvgIpc) is 2.36. The van der Waals surface area contributed by atoms with Gasteiger partial charge in [-0.25, -0.2) is 9.59 Å². The molecular formula is C14H28N2O4. The molecule has 0 aliphatic rings. The van der Waals surface area contributed by atoms with Crippen molar-refractivity contribution in [1.29, 1.82) is 0 Å². The van der Waals surface area contributed by atoms with Crippen molar-refractivity contribution in [3.63, 3.8) is 0 Å². The van der Waals surface area contributed by atoms with Crippen molar-refractivity contribution >= 4 is 12.0 Å². The zero-order valence-electron chi connectivity index (χ0n) is 12.7. The van der Waals surface area contributed by atoms with E-state index in [1.165, 1.54) is 6.42 Å². The summed E-state index contributed by atoms with van der Waals surface area (Å²) in [5, 5.41) is 22.7. The molecule has 1 atom stereocenters. The average molecular weight is 288 g/mol. The molecule has 20 heavy (non-hydrogen) atoms. The van der Waals surface area contributed by atoms with E-state index in [2.05, 4.69) is 31.4 Å². The van der Waals surface area contributed by atoms with E-state index in [0.717, 1.165) is 19.3 Å². The highest BCUT2D eigenvalue weighted by Crippen LogP contribution is 2.22. The summed E-state index contributed by atoms with van der Waals surface area (Å²) in [6, 6.07) is -1.56. The molecule has 0 spiro atoms. The Morgan fingerprint density at radius 3 is 2.40 bits per heavy atom. The van der Waals surface area contributed by atoms with Crippen LogP contribution in [-0.4, -0.2) is 41.4 Å². The first kappa shape index (κ1) is 18.7. The number of carboxylic acids is 1. The molecule has 0 heterocycles. The highest BCUT2D eigenvalue weighted by atomic mass is 16.4. The molecule has 0 fully saturated rings. The van der Waals surface area contributed by atoms with Gasteiger partial charge in [-0.05, 0) is 11.8 Å². The molecular weight excluding hydrogens is 260 g/mol. The Labute approximate surface area is 120 Å². The Hall–Kier alpha value is -1.30. The molecule has 4 N–H and O–H groups in total. The number of hydrogen-bond donors (Lipinski definition) is 4. The van der Waals surface area contributed by atoms with Crippen molar-refractivity contribution in [3.8, 4) is 0 Å². The number of carbonyl (C=O) groups excluding carboxylic acids is 1. The Morgan fingerprint density at radius 2 is 1.90 bits per heavy atom. The second-order valence-corrected chi connectivity index (χ2v) is 5.85. The molecule has 0 aliphatic heterocycles. The third kappa shape index (κ3) is 8.74. The van der Waals surface area contributed by atoms with E-state index in [4.69, 9.17) is 10.2 Å². The third-order valence-corrected chi connectivity index (χ3v) is 3.21. The molecule has 2 amide bonds. The number of aliphatic hydroxyl groups is 1. The Balaban J connectivity index is 4.10. The lowest BCUT2D eigenvalue weighted by molar-refractivity contribution is -0.139. The second-order valence-electron chi connectivity index (χ2n) is 5.85. The van der Waals surface area contributed by atoms with Gasteiger partial charge in [-0.1, -0.05) is 40.0 Å². The molecule has 0 bridgehead atoms. The number of aliphatic carboxylic acids is 1. The van der Waals surface area contributed by atoms with E-state index in [1.807, 2.05) is 0 Å². The largest absolute Gasteiger partial charge is 0.480 e. The maximum Gasteiger partial charge on any atom is 0.326 e. The molecule has 6 nitrogen and oxygen atoms in total. The van der Waals surface area contributed by atoms with Crippen LogP contribution in [0.5, 0.6) is 0 Å². The maximum absolute atomic E-state index is 11.6. The van der Waals surface area contributed by atoms with Crippen molar-refractivity contribution < 1.29 is 19.8 Å². The fourth-order valence-corrected chi connectivity index (χ4v) is 1.86. The van der Waals surface area contributed by atoms with Gasteiger partial charge in [0.25, 0.3) is 0 Å². The number of nitrogens with one attached hydrogen (secondary N) is 2. The number of carboxylic acid groups (broad SMARTS) is 1. The van der Waals surface area contributed by atoms with Crippen LogP contribution in [0, 0.1) is 5.41 Å². The summed E-state index contributed by atoms with van der Waals surface area (Å²) in [7, 11) is 0. The Bertz CT molecular complexity index is 306. The smallest absolute Gasteiger partial charge is 0.326 e. The molecule has 0 unspecified atom stereocenters. The standard InChI is InChI=1S/C14H28N2O4/c1-4-5-6-8-14(2,3)10-15-13(20)16-11(7-9-17)12(18)19/h11,17H,4-10H2,1-3H3,(H,18,19)(H2,15,16,20)/t11-/m0/s1. The first-order chi connectivity index (χ1) is 9.32. The summed E-state index contributed by atoms with van der Waals surface area (Å²) in [4.78, 5) is 22.5. The molecule has 0 radical (unpaired) electrons. The summed E-state index contributed by atoms with van der Waals surface area (Å²) in [6.45, 7) is 6.51. The van der Waals surface area contributed by atoms with E-state index in [0.29, 0.717) is 6.54 Å². The van der Waals surface area contributed by atoms with Gasteiger partial charge in [0.05, 0.1) is 0 Å². The SMILES string of the molecule is CCCCCC(C)(C)CNC(=O)N[C@@H](CCO)C(=O)O. The summed E-state index contributed by atoms with van der Waals surface area (Å²) >= 11 is 0. The fourth-order valence-electron chi connectivity index (χ4n) is 1.86. The van der Waals surface area contributed by atoms with Crippen molar-refractivity contribution in [2.45, 2.75) is 58.9 Å². The number of hydrogen-bond acceptors (Lipinski definition) is 3. The summed E-state index contributed by atoms with van der Waals surface area (Å²) in [6.07, 6.45) is 4.47. The third-order valence-electron chi connectivity index (χ3n) is 3.21. The Kier molecular flexibility index (Phi) is 8.96. The van der Waals surface area contributed by atoms with Crippen LogP contribution in [0.25, 0.3) is 0 Å². The zero-order chi connectivity index (χ0) is 15.6. The predicted molar refractivity (Wildman–Crippen MR) is 77.6 cm³/mol. The number of unbranched alkanes of at least 4 members (excludes halogenated alkanes) is 2. The van der Waals surface area contributed by atoms with Crippen LogP contribution < -0.4 is 10.6 Å². The van der Waals surface area contributed by atoms with Crippen LogP contribution >= 0.6 is 0 Å². The van der Waals surface area contributed by atoms with Crippen LogP contribution in [0.2, 0.25) is 0 Å². The summed E-state index contributed by atoms with van der Waals surface area (Å²) in [5.74, 6) is -1.14. The minimum atomic E-state index is -1.14. The van der Waals surface area contributed by atoms with Gasteiger partial charge in [0.2, 0.25) is 0 Å². The van der Waals surface area contributed by atoms with Crippen LogP contribution in [0.1, 0.15) is 52.9 Å². The number of rotatable bonds is 10. The van der Waals surface area contributed by atoms with Crippen molar-refractivity contribution in [2.75, 3.05) is 13.2 Å². The van der Waals surface area contributed by atoms with Crippen LogP contribution in [0.4, 0.5) is 4.79 Å². The highest BCUT2D eigenvalue weighted by molar-refractivity contribution is 5.82. The van der Waals surface area contributed by atoms with Gasteiger partial charge in [-0.2, -0.15) is 0 Å². The van der Waals surface area contributed by atoms with E-state index in [9.17, 15) is 9.59 Å². The zero-order valence-corrected chi connectivity index (χ0v) is 12.7. The second kappa shape index (κ2) is 9.58. The summed E-state index contributed by atoms with van der Waals surface area (Å²) in [5.41, 5.74) is -0.0117. The van der Waals surface area contributed by atoms with Gasteiger partial charge in [-0.15, -0.1) is 0 Å². The molecule has 0 rings (SSSR count). The first-order valence-electron chi connectivity index (χ1n) is 7.20. The predicted octanol–water partition coefficient (Wildman–Crippen LogP) is 1.73. The van der Waals surface area contributed by atoms with E-state index >= 15 is 0 Å². The number of amides is 2. The lowest BCUT2D eigenvalue weighted by Crippen LogP contribution is -2.48. The minimum Gasteiger partial charge on any atom is -0.480 e. The normalized spacial score (nSPS) is 12.8. The maximum atomic E-state index is 11.6. The van der Waals surface area contributed by atoms with Crippen LogP contribution in [-0.2, 0) is 4.79 Å². The lowest BCUT2D eigenvalue weighted by atomic mass is 9.87.